The Morgan fingerprint density at radius 1 is 1.23 bits per heavy atom. The molecule has 6 heteroatoms. The van der Waals surface area contributed by atoms with E-state index in [1.54, 1.807) is 6.07 Å². The zero-order valence-electron chi connectivity index (χ0n) is 15.3. The molecule has 3 aromatic rings. The number of fused-ring (bicyclic) bond motifs is 1. The number of benzene rings is 1. The number of nitrogen functional groups attached to an aromatic ring is 1. The molecule has 0 spiro atoms. The summed E-state index contributed by atoms with van der Waals surface area (Å²) >= 11 is 0. The molecular formula is C20H23N5O. The minimum absolute atomic E-state index is 0.249. The first-order chi connectivity index (χ1) is 12.5. The van der Waals surface area contributed by atoms with Crippen molar-refractivity contribution in [2.45, 2.75) is 26.7 Å². The Labute approximate surface area is 152 Å². The Morgan fingerprint density at radius 2 is 2.00 bits per heavy atom. The lowest BCUT2D eigenvalue weighted by atomic mass is 9.97. The molecule has 2 aromatic heterocycles. The van der Waals surface area contributed by atoms with E-state index in [0.717, 1.165) is 46.1 Å². The predicted molar refractivity (Wildman–Crippen MR) is 104 cm³/mol. The van der Waals surface area contributed by atoms with Crippen LogP contribution in [0.2, 0.25) is 0 Å². The Balaban J connectivity index is 1.98. The monoisotopic (exact) mass is 349 g/mol. The highest BCUT2D eigenvalue weighted by atomic mass is 16.3. The van der Waals surface area contributed by atoms with Gasteiger partial charge in [-0.25, -0.2) is 15.0 Å². The Hall–Kier alpha value is -2.89. The van der Waals surface area contributed by atoms with Gasteiger partial charge in [0.2, 0.25) is 0 Å². The lowest BCUT2D eigenvalue weighted by molar-refractivity contribution is 0.471. The molecule has 6 nitrogen and oxygen atoms in total. The van der Waals surface area contributed by atoms with Crippen molar-refractivity contribution in [2.75, 3.05) is 24.2 Å². The molecule has 2 heterocycles. The predicted octanol–water partition coefficient (Wildman–Crippen LogP) is 3.44. The van der Waals surface area contributed by atoms with Crippen LogP contribution in [0.1, 0.15) is 24.0 Å². The van der Waals surface area contributed by atoms with Crippen LogP contribution in [0.25, 0.3) is 22.2 Å². The van der Waals surface area contributed by atoms with Crippen LogP contribution >= 0.6 is 0 Å². The molecule has 0 bridgehead atoms. The van der Waals surface area contributed by atoms with Gasteiger partial charge in [-0.1, -0.05) is 6.07 Å². The number of aryl methyl sites for hydroxylation is 1. The van der Waals surface area contributed by atoms with Gasteiger partial charge < -0.3 is 15.7 Å². The third-order valence-electron chi connectivity index (χ3n) is 5.14. The second kappa shape index (κ2) is 6.12. The number of aromatic nitrogens is 3. The fraction of sp³-hybridized carbons (Fsp3) is 0.350. The van der Waals surface area contributed by atoms with Gasteiger partial charge in [0, 0.05) is 30.1 Å². The van der Waals surface area contributed by atoms with Crippen LogP contribution in [-0.4, -0.2) is 33.7 Å². The summed E-state index contributed by atoms with van der Waals surface area (Å²) in [7, 11) is 2.05. The highest BCUT2D eigenvalue weighted by Crippen LogP contribution is 2.38. The second-order valence-electron chi connectivity index (χ2n) is 7.21. The number of aromatic hydroxyl groups is 1. The van der Waals surface area contributed by atoms with E-state index in [1.165, 1.54) is 19.2 Å². The zero-order valence-corrected chi connectivity index (χ0v) is 15.3. The molecule has 0 amide bonds. The van der Waals surface area contributed by atoms with E-state index in [-0.39, 0.29) is 5.75 Å². The summed E-state index contributed by atoms with van der Waals surface area (Å²) in [4.78, 5) is 15.7. The summed E-state index contributed by atoms with van der Waals surface area (Å²) in [5.41, 5.74) is 10.3. The molecule has 1 aliphatic carbocycles. The van der Waals surface area contributed by atoms with Crippen molar-refractivity contribution in [3.8, 4) is 17.0 Å². The topological polar surface area (TPSA) is 88.2 Å². The average molecular weight is 349 g/mol. The van der Waals surface area contributed by atoms with E-state index in [2.05, 4.69) is 21.9 Å². The largest absolute Gasteiger partial charge is 0.508 e. The number of hydrogen-bond acceptors (Lipinski definition) is 6. The molecule has 134 valence electrons. The standard InChI is InChI=1S/C20H23N5O/c1-11-4-7-15(26)12(2)17(11)19-18-14(20(21)23-10-22-18)8-16(24-19)25(3)9-13-5-6-13/h4,7-8,10,13,26H,5-6,9H2,1-3H3,(H2,21,22,23). The van der Waals surface area contributed by atoms with Crippen LogP contribution < -0.4 is 10.6 Å². The summed E-state index contributed by atoms with van der Waals surface area (Å²) in [6.45, 7) is 4.89. The number of rotatable bonds is 4. The quantitative estimate of drug-likeness (QED) is 0.750. The van der Waals surface area contributed by atoms with Crippen molar-refractivity contribution in [3.05, 3.63) is 35.7 Å². The molecule has 26 heavy (non-hydrogen) atoms. The average Bonchev–Trinajstić information content (AvgIpc) is 3.43. The first kappa shape index (κ1) is 16.6. The number of nitrogens with two attached hydrogens (primary N) is 1. The third-order valence-corrected chi connectivity index (χ3v) is 5.14. The van der Waals surface area contributed by atoms with Gasteiger partial charge in [-0.3, -0.25) is 0 Å². The first-order valence-electron chi connectivity index (χ1n) is 8.87. The molecule has 1 saturated carbocycles. The van der Waals surface area contributed by atoms with Gasteiger partial charge in [0.05, 0.1) is 5.69 Å². The van der Waals surface area contributed by atoms with Crippen molar-refractivity contribution >= 4 is 22.5 Å². The van der Waals surface area contributed by atoms with Gasteiger partial charge in [-0.15, -0.1) is 0 Å². The molecule has 1 aromatic carbocycles. The maximum absolute atomic E-state index is 10.2. The van der Waals surface area contributed by atoms with Crippen LogP contribution in [0.3, 0.4) is 0 Å². The number of hydrogen-bond donors (Lipinski definition) is 2. The van der Waals surface area contributed by atoms with Crippen molar-refractivity contribution in [2.24, 2.45) is 5.92 Å². The SMILES string of the molecule is Cc1ccc(O)c(C)c1-c1nc(N(C)CC2CC2)cc2c(N)ncnc12. The molecule has 3 N–H and O–H groups in total. The number of pyridine rings is 1. The highest BCUT2D eigenvalue weighted by Gasteiger charge is 2.25. The molecule has 0 radical (unpaired) electrons. The van der Waals surface area contributed by atoms with E-state index < -0.39 is 0 Å². The van der Waals surface area contributed by atoms with Gasteiger partial charge >= 0.3 is 0 Å². The number of phenolic OH excluding ortho intramolecular Hbond substituents is 1. The molecule has 1 fully saturated rings. The maximum Gasteiger partial charge on any atom is 0.134 e. The lowest BCUT2D eigenvalue weighted by Crippen LogP contribution is -2.21. The van der Waals surface area contributed by atoms with E-state index in [0.29, 0.717) is 11.3 Å². The lowest BCUT2D eigenvalue weighted by Gasteiger charge is -2.21. The molecule has 0 aliphatic heterocycles. The van der Waals surface area contributed by atoms with Crippen LogP contribution in [0, 0.1) is 19.8 Å². The van der Waals surface area contributed by atoms with Crippen LogP contribution in [0.15, 0.2) is 24.5 Å². The Morgan fingerprint density at radius 3 is 2.73 bits per heavy atom. The highest BCUT2D eigenvalue weighted by molar-refractivity contribution is 5.99. The normalized spacial score (nSPS) is 14.0. The summed E-state index contributed by atoms with van der Waals surface area (Å²) in [6.07, 6.45) is 4.02. The Bertz CT molecular complexity index is 997. The van der Waals surface area contributed by atoms with E-state index in [9.17, 15) is 5.11 Å². The Kier molecular flexibility index (Phi) is 3.90. The fourth-order valence-electron chi connectivity index (χ4n) is 3.42. The van der Waals surface area contributed by atoms with Gasteiger partial charge in [-0.2, -0.15) is 0 Å². The molecule has 0 unspecified atom stereocenters. The minimum Gasteiger partial charge on any atom is -0.508 e. The summed E-state index contributed by atoms with van der Waals surface area (Å²) in [5.74, 6) is 2.28. The summed E-state index contributed by atoms with van der Waals surface area (Å²) in [5, 5.41) is 11.0. The van der Waals surface area contributed by atoms with Crippen molar-refractivity contribution < 1.29 is 5.11 Å². The third kappa shape index (κ3) is 2.81. The van der Waals surface area contributed by atoms with Crippen LogP contribution in [-0.2, 0) is 0 Å². The fourth-order valence-corrected chi connectivity index (χ4v) is 3.42. The summed E-state index contributed by atoms with van der Waals surface area (Å²) < 4.78 is 0. The minimum atomic E-state index is 0.249. The maximum atomic E-state index is 10.2. The first-order valence-corrected chi connectivity index (χ1v) is 8.87. The number of anilines is 2. The zero-order chi connectivity index (χ0) is 18.4. The van der Waals surface area contributed by atoms with Crippen LogP contribution in [0.5, 0.6) is 5.75 Å². The van der Waals surface area contributed by atoms with Gasteiger partial charge in [-0.05, 0) is 50.3 Å². The second-order valence-corrected chi connectivity index (χ2v) is 7.21. The van der Waals surface area contributed by atoms with Crippen molar-refractivity contribution in [1.29, 1.82) is 0 Å². The van der Waals surface area contributed by atoms with Crippen molar-refractivity contribution in [3.63, 3.8) is 0 Å². The molecule has 0 atom stereocenters. The molecular weight excluding hydrogens is 326 g/mol. The van der Waals surface area contributed by atoms with Gasteiger partial charge in [0.25, 0.3) is 0 Å². The number of nitrogens with zero attached hydrogens (tertiary/aromatic N) is 4. The number of phenols is 1. The van der Waals surface area contributed by atoms with Gasteiger partial charge in [0.1, 0.15) is 29.2 Å². The van der Waals surface area contributed by atoms with E-state index in [1.807, 2.05) is 26.0 Å². The molecule has 4 rings (SSSR count). The smallest absolute Gasteiger partial charge is 0.134 e. The van der Waals surface area contributed by atoms with E-state index >= 15 is 0 Å². The summed E-state index contributed by atoms with van der Waals surface area (Å²) in [6, 6.07) is 5.57. The van der Waals surface area contributed by atoms with Crippen LogP contribution in [0.4, 0.5) is 11.6 Å². The van der Waals surface area contributed by atoms with Gasteiger partial charge in [0.15, 0.2) is 0 Å². The molecule has 0 saturated heterocycles. The van der Waals surface area contributed by atoms with E-state index in [4.69, 9.17) is 10.7 Å². The molecule has 1 aliphatic rings. The van der Waals surface area contributed by atoms with Crippen molar-refractivity contribution in [1.82, 2.24) is 15.0 Å².